The molecule has 0 bridgehead atoms. The van der Waals surface area contributed by atoms with Crippen molar-refractivity contribution in [2.24, 2.45) is 0 Å². The molecule has 0 spiro atoms. The highest BCUT2D eigenvalue weighted by molar-refractivity contribution is 7.17. The monoisotopic (exact) mass is 546 g/mol. The van der Waals surface area contributed by atoms with Crippen molar-refractivity contribution in [3.63, 3.8) is 0 Å². The second-order valence-electron chi connectivity index (χ2n) is 9.40. The predicted octanol–water partition coefficient (Wildman–Crippen LogP) is 5.64. The summed E-state index contributed by atoms with van der Waals surface area (Å²) >= 11 is 0.967. The molecule has 4 rings (SSSR count). The van der Waals surface area contributed by atoms with Crippen LogP contribution in [0.2, 0.25) is 0 Å². The van der Waals surface area contributed by atoms with Crippen molar-refractivity contribution < 1.29 is 29.0 Å². The molecule has 1 aliphatic heterocycles. The molecule has 1 aromatic heterocycles. The Labute approximate surface area is 231 Å². The van der Waals surface area contributed by atoms with E-state index in [1.807, 2.05) is 51.1 Å². The van der Waals surface area contributed by atoms with E-state index in [-0.39, 0.29) is 34.1 Å². The normalized spacial score (nSPS) is 17.4. The first-order valence-electron chi connectivity index (χ1n) is 12.5. The van der Waals surface area contributed by atoms with E-state index >= 15 is 0 Å². The summed E-state index contributed by atoms with van der Waals surface area (Å²) in [4.78, 5) is 45.5. The Balaban J connectivity index is 1.83. The van der Waals surface area contributed by atoms with Gasteiger partial charge in [-0.15, -0.1) is 0 Å². The summed E-state index contributed by atoms with van der Waals surface area (Å²) in [6.07, 6.45) is 1.43. The molecule has 2 atom stereocenters. The molecular formula is C30H30N2O6S. The minimum absolute atomic E-state index is 0.0258. The van der Waals surface area contributed by atoms with E-state index in [9.17, 15) is 19.5 Å². The summed E-state index contributed by atoms with van der Waals surface area (Å²) in [7, 11) is 0. The number of hydrogen-bond acceptors (Lipinski definition) is 8. The van der Waals surface area contributed by atoms with Crippen LogP contribution in [0.25, 0.3) is 5.76 Å². The van der Waals surface area contributed by atoms with Gasteiger partial charge in [0.1, 0.15) is 23.0 Å². The molecule has 0 saturated carbocycles. The van der Waals surface area contributed by atoms with Crippen molar-refractivity contribution in [2.75, 3.05) is 11.5 Å². The van der Waals surface area contributed by atoms with Crippen LogP contribution in [-0.4, -0.2) is 46.5 Å². The number of esters is 1. The first-order chi connectivity index (χ1) is 18.6. The van der Waals surface area contributed by atoms with Crippen LogP contribution in [0.3, 0.4) is 0 Å². The third-order valence-electron chi connectivity index (χ3n) is 6.29. The Kier molecular flexibility index (Phi) is 8.30. The number of thiazole rings is 1. The van der Waals surface area contributed by atoms with Gasteiger partial charge in [-0.05, 0) is 50.6 Å². The molecule has 0 radical (unpaired) electrons. The van der Waals surface area contributed by atoms with Gasteiger partial charge in [-0.3, -0.25) is 14.5 Å². The van der Waals surface area contributed by atoms with Crippen molar-refractivity contribution in [1.82, 2.24) is 4.98 Å². The fraction of sp³-hybridized carbons (Fsp3) is 0.267. The zero-order valence-electron chi connectivity index (χ0n) is 22.2. The molecule has 2 heterocycles. The average molecular weight is 547 g/mol. The van der Waals surface area contributed by atoms with Gasteiger partial charge in [-0.2, -0.15) is 0 Å². The molecule has 39 heavy (non-hydrogen) atoms. The highest BCUT2D eigenvalue weighted by Crippen LogP contribution is 2.42. The first kappa shape index (κ1) is 27.8. The lowest BCUT2D eigenvalue weighted by atomic mass is 9.87. The van der Waals surface area contributed by atoms with Crippen LogP contribution in [-0.2, 0) is 14.3 Å². The molecule has 1 N–H and O–H groups in total. The number of anilines is 1. The van der Waals surface area contributed by atoms with Crippen molar-refractivity contribution in [1.29, 1.82) is 0 Å². The summed E-state index contributed by atoms with van der Waals surface area (Å²) in [6.45, 7) is 10.9. The second-order valence-corrected chi connectivity index (χ2v) is 10.4. The lowest BCUT2D eigenvalue weighted by molar-refractivity contribution is -0.132. The lowest BCUT2D eigenvalue weighted by Gasteiger charge is -2.28. The second kappa shape index (κ2) is 11.7. The van der Waals surface area contributed by atoms with Crippen molar-refractivity contribution in [3.05, 3.63) is 94.5 Å². The van der Waals surface area contributed by atoms with Gasteiger partial charge in [0.2, 0.25) is 0 Å². The van der Waals surface area contributed by atoms with Gasteiger partial charge in [0.15, 0.2) is 5.13 Å². The van der Waals surface area contributed by atoms with E-state index < -0.39 is 29.6 Å². The van der Waals surface area contributed by atoms with Gasteiger partial charge in [0.25, 0.3) is 5.78 Å². The zero-order valence-corrected chi connectivity index (χ0v) is 23.0. The van der Waals surface area contributed by atoms with Gasteiger partial charge in [0, 0.05) is 11.5 Å². The van der Waals surface area contributed by atoms with Crippen molar-refractivity contribution >= 4 is 39.9 Å². The number of rotatable bonds is 9. The van der Waals surface area contributed by atoms with Crippen LogP contribution in [0.1, 0.15) is 53.2 Å². The molecule has 0 aliphatic carbocycles. The van der Waals surface area contributed by atoms with Crippen LogP contribution in [0.5, 0.6) is 5.75 Å². The molecule has 1 saturated heterocycles. The van der Waals surface area contributed by atoms with E-state index in [0.717, 1.165) is 16.9 Å². The number of aromatic nitrogens is 1. The number of benzene rings is 2. The molecular weight excluding hydrogens is 516 g/mol. The Bertz CT molecular complexity index is 1430. The number of nitrogens with zero attached hydrogens (tertiary/aromatic N) is 2. The number of aliphatic hydroxyl groups is 1. The first-order valence-corrected chi connectivity index (χ1v) is 13.3. The maximum atomic E-state index is 13.5. The number of amides is 1. The maximum absolute atomic E-state index is 13.5. The maximum Gasteiger partial charge on any atom is 0.350 e. The number of aliphatic hydroxyl groups excluding tert-OH is 1. The van der Waals surface area contributed by atoms with E-state index in [4.69, 9.17) is 9.47 Å². The number of ether oxygens (including phenoxy) is 2. The lowest BCUT2D eigenvalue weighted by Crippen LogP contribution is -2.37. The van der Waals surface area contributed by atoms with Crippen LogP contribution in [0.4, 0.5) is 5.13 Å². The Morgan fingerprint density at radius 1 is 1.13 bits per heavy atom. The summed E-state index contributed by atoms with van der Waals surface area (Å²) in [6, 6.07) is 15.2. The fourth-order valence-electron chi connectivity index (χ4n) is 4.47. The number of carbonyl (C=O) groups is 3. The van der Waals surface area contributed by atoms with E-state index in [1.165, 1.54) is 11.0 Å². The topological polar surface area (TPSA) is 106 Å². The largest absolute Gasteiger partial charge is 0.507 e. The van der Waals surface area contributed by atoms with Gasteiger partial charge in [0.05, 0.1) is 23.4 Å². The summed E-state index contributed by atoms with van der Waals surface area (Å²) in [5.74, 6) is -2.33. The number of carbonyl (C=O) groups excluding carboxylic acids is 3. The summed E-state index contributed by atoms with van der Waals surface area (Å²) in [5, 5.41) is 11.6. The smallest absolute Gasteiger partial charge is 0.350 e. The molecule has 2 unspecified atom stereocenters. The van der Waals surface area contributed by atoms with Crippen LogP contribution in [0, 0.1) is 6.92 Å². The van der Waals surface area contributed by atoms with Gasteiger partial charge in [-0.25, -0.2) is 9.78 Å². The molecule has 8 nitrogen and oxygen atoms in total. The van der Waals surface area contributed by atoms with Crippen molar-refractivity contribution in [3.8, 4) is 5.75 Å². The molecule has 1 amide bonds. The molecule has 3 aromatic rings. The molecule has 2 aromatic carbocycles. The highest BCUT2D eigenvalue weighted by Gasteiger charge is 2.50. The Morgan fingerprint density at radius 3 is 2.41 bits per heavy atom. The average Bonchev–Trinajstić information content (AvgIpc) is 3.43. The number of hydrogen-bond donors (Lipinski definition) is 1. The van der Waals surface area contributed by atoms with E-state index in [0.29, 0.717) is 17.0 Å². The fourth-order valence-corrected chi connectivity index (χ4v) is 5.47. The predicted molar refractivity (Wildman–Crippen MR) is 150 cm³/mol. The summed E-state index contributed by atoms with van der Waals surface area (Å²) < 4.78 is 10.8. The van der Waals surface area contributed by atoms with E-state index in [2.05, 4.69) is 11.6 Å². The molecule has 1 aliphatic rings. The molecule has 1 fully saturated rings. The SMILES string of the molecule is C=CCOC(=O)c1sc(N2C(=O)C(=O)/C(=C(/O)c3ccc(OC(C)C)cc3)C2C(C)c2ccccc2)nc1C. The summed E-state index contributed by atoms with van der Waals surface area (Å²) in [5.41, 5.74) is 1.58. The van der Waals surface area contributed by atoms with Gasteiger partial charge in [-0.1, -0.05) is 61.2 Å². The van der Waals surface area contributed by atoms with Gasteiger partial charge < -0.3 is 14.6 Å². The van der Waals surface area contributed by atoms with Crippen LogP contribution in [0.15, 0.2) is 72.8 Å². The third kappa shape index (κ3) is 5.63. The minimum Gasteiger partial charge on any atom is -0.507 e. The Morgan fingerprint density at radius 2 is 1.79 bits per heavy atom. The Hall–Kier alpha value is -4.24. The van der Waals surface area contributed by atoms with E-state index in [1.54, 1.807) is 31.2 Å². The quantitative estimate of drug-likeness (QED) is 0.122. The number of ketones is 1. The number of Topliss-reactive ketones (excluding diaryl/α,β-unsaturated/α-hetero) is 1. The van der Waals surface area contributed by atoms with Crippen molar-refractivity contribution in [2.45, 2.75) is 45.8 Å². The van der Waals surface area contributed by atoms with Crippen LogP contribution < -0.4 is 9.64 Å². The number of aryl methyl sites for hydroxylation is 1. The molecule has 202 valence electrons. The van der Waals surface area contributed by atoms with Gasteiger partial charge >= 0.3 is 11.9 Å². The highest BCUT2D eigenvalue weighted by atomic mass is 32.1. The minimum atomic E-state index is -0.874. The van der Waals surface area contributed by atoms with Crippen LogP contribution >= 0.6 is 11.3 Å². The standard InChI is InChI=1S/C30H30N2O6S/c1-6-16-37-29(36)27-19(5)31-30(39-27)32-24(18(4)20-10-8-7-9-11-20)23(26(34)28(32)35)25(33)21-12-14-22(15-13-21)38-17(2)3/h6-15,17-18,24,33H,1,16H2,2-5H3/b25-23+. The zero-order chi connectivity index (χ0) is 28.3. The molecule has 9 heteroatoms. The third-order valence-corrected chi connectivity index (χ3v) is 7.43.